The minimum absolute atomic E-state index is 0.295. The summed E-state index contributed by atoms with van der Waals surface area (Å²) in [5.41, 5.74) is 2.45. The molecule has 1 aromatic carbocycles. The second-order valence-corrected chi connectivity index (χ2v) is 6.58. The van der Waals surface area contributed by atoms with Crippen molar-refractivity contribution in [3.8, 4) is 6.07 Å². The Hall–Kier alpha value is -2.50. The first kappa shape index (κ1) is 14.4. The summed E-state index contributed by atoms with van der Waals surface area (Å²) in [6, 6.07) is 13.4. The highest BCUT2D eigenvalue weighted by Crippen LogP contribution is 2.31. The van der Waals surface area contributed by atoms with Crippen molar-refractivity contribution in [2.45, 2.75) is 16.3 Å². The number of nitrogens with zero attached hydrogens (tertiary/aromatic N) is 5. The Balaban J connectivity index is 1.69. The molecule has 3 aromatic rings. The molecule has 3 rings (SSSR count). The normalized spacial score (nSPS) is 10.2. The minimum Gasteiger partial charge on any atom is -0.330 e. The van der Waals surface area contributed by atoms with Gasteiger partial charge in [-0.15, -0.1) is 20.4 Å². The molecule has 6 nitrogen and oxygen atoms in total. The van der Waals surface area contributed by atoms with Crippen molar-refractivity contribution in [3.63, 3.8) is 0 Å². The van der Waals surface area contributed by atoms with Crippen molar-refractivity contribution in [3.05, 3.63) is 47.7 Å². The molecular weight excluding hydrogens is 316 g/mol. The van der Waals surface area contributed by atoms with Crippen molar-refractivity contribution in [1.82, 2.24) is 20.4 Å². The van der Waals surface area contributed by atoms with Crippen LogP contribution in [0.5, 0.6) is 0 Å². The van der Waals surface area contributed by atoms with Gasteiger partial charge in [0.1, 0.15) is 11.1 Å². The fraction of sp³-hybridized carbons (Fsp3) is 0.0714. The average Bonchev–Trinajstić information content (AvgIpc) is 2.95. The number of nitrogens with one attached hydrogen (secondary N) is 1. The molecule has 1 N–H and O–H groups in total. The van der Waals surface area contributed by atoms with Crippen LogP contribution in [-0.2, 0) is 0 Å². The molecule has 8 heteroatoms. The second kappa shape index (κ2) is 6.51. The summed E-state index contributed by atoms with van der Waals surface area (Å²) >= 11 is 2.80. The van der Waals surface area contributed by atoms with Gasteiger partial charge >= 0.3 is 0 Å². The lowest BCUT2D eigenvalue weighted by Crippen LogP contribution is -1.89. The van der Waals surface area contributed by atoms with Crippen LogP contribution in [0.1, 0.15) is 11.3 Å². The van der Waals surface area contributed by atoms with E-state index in [1.54, 1.807) is 12.1 Å². The van der Waals surface area contributed by atoms with Gasteiger partial charge in [0.05, 0.1) is 0 Å². The number of benzene rings is 1. The summed E-state index contributed by atoms with van der Waals surface area (Å²) < 4.78 is 0.758. The third-order valence-corrected chi connectivity index (χ3v) is 4.44. The Kier molecular flexibility index (Phi) is 4.27. The smallest absolute Gasteiger partial charge is 0.210 e. The van der Waals surface area contributed by atoms with Crippen molar-refractivity contribution < 1.29 is 0 Å². The zero-order chi connectivity index (χ0) is 15.4. The molecule has 0 spiro atoms. The molecule has 2 aromatic heterocycles. The molecule has 2 heterocycles. The molecule has 108 valence electrons. The first-order chi connectivity index (χ1) is 10.7. The molecule has 0 fully saturated rings. The highest BCUT2D eigenvalue weighted by molar-refractivity contribution is 8.01. The maximum absolute atomic E-state index is 8.69. The summed E-state index contributed by atoms with van der Waals surface area (Å²) in [5.74, 6) is 0. The van der Waals surface area contributed by atoms with E-state index in [-0.39, 0.29) is 0 Å². The fourth-order valence-corrected chi connectivity index (χ4v) is 3.31. The van der Waals surface area contributed by atoms with Crippen LogP contribution in [0.3, 0.4) is 0 Å². The summed E-state index contributed by atoms with van der Waals surface area (Å²) in [6.07, 6.45) is 0. The molecule has 0 radical (unpaired) electrons. The van der Waals surface area contributed by atoms with Gasteiger partial charge in [-0.25, -0.2) is 0 Å². The minimum atomic E-state index is 0.295. The fourth-order valence-electron chi connectivity index (χ4n) is 1.67. The summed E-state index contributed by atoms with van der Waals surface area (Å²) in [6.45, 7) is 2.04. The van der Waals surface area contributed by atoms with Crippen LogP contribution in [0.15, 0.2) is 45.8 Å². The SMILES string of the molecule is Cc1cccc(Nc2nnc(Sc3ccc(C#N)nn3)s2)c1. The molecule has 0 aliphatic carbocycles. The largest absolute Gasteiger partial charge is 0.330 e. The monoisotopic (exact) mass is 326 g/mol. The molecule has 0 saturated carbocycles. The Bertz CT molecular complexity index is 822. The van der Waals surface area contributed by atoms with Crippen LogP contribution in [0.4, 0.5) is 10.8 Å². The van der Waals surface area contributed by atoms with E-state index in [0.717, 1.165) is 15.2 Å². The first-order valence-electron chi connectivity index (χ1n) is 6.32. The number of aromatic nitrogens is 4. The molecule has 0 bridgehead atoms. The van der Waals surface area contributed by atoms with Crippen molar-refractivity contribution in [1.29, 1.82) is 5.26 Å². The number of aryl methyl sites for hydroxylation is 1. The van der Waals surface area contributed by atoms with Crippen molar-refractivity contribution in [2.75, 3.05) is 5.32 Å². The summed E-state index contributed by atoms with van der Waals surface area (Å²) in [5, 5.41) is 29.3. The molecule has 22 heavy (non-hydrogen) atoms. The van der Waals surface area contributed by atoms with E-state index in [9.17, 15) is 0 Å². The topological polar surface area (TPSA) is 87.4 Å². The molecule has 0 saturated heterocycles. The standard InChI is InChI=1S/C14H10N6S2/c1-9-3-2-4-10(7-9)16-13-19-20-14(22-13)21-12-6-5-11(8-15)17-18-12/h2-7H,1H3,(H,16,19). The predicted octanol–water partition coefficient (Wildman–Crippen LogP) is 3.40. The molecular formula is C14H10N6S2. The van der Waals surface area contributed by atoms with E-state index >= 15 is 0 Å². The Morgan fingerprint density at radius 2 is 2.05 bits per heavy atom. The number of hydrogen-bond acceptors (Lipinski definition) is 8. The van der Waals surface area contributed by atoms with Gasteiger partial charge in [0.2, 0.25) is 5.13 Å². The summed E-state index contributed by atoms with van der Waals surface area (Å²) in [4.78, 5) is 0. The highest BCUT2D eigenvalue weighted by atomic mass is 32.2. The lowest BCUT2D eigenvalue weighted by atomic mass is 10.2. The van der Waals surface area contributed by atoms with Crippen LogP contribution in [0, 0.1) is 18.3 Å². The van der Waals surface area contributed by atoms with E-state index in [2.05, 4.69) is 25.7 Å². The first-order valence-corrected chi connectivity index (χ1v) is 7.95. The maximum Gasteiger partial charge on any atom is 0.210 e. The van der Waals surface area contributed by atoms with Gasteiger partial charge in [-0.05, 0) is 48.5 Å². The Labute approximate surface area is 135 Å². The Morgan fingerprint density at radius 3 is 2.77 bits per heavy atom. The van der Waals surface area contributed by atoms with Gasteiger partial charge in [0, 0.05) is 5.69 Å². The molecule has 0 amide bonds. The van der Waals surface area contributed by atoms with Gasteiger partial charge in [-0.3, -0.25) is 0 Å². The van der Waals surface area contributed by atoms with Crippen LogP contribution in [-0.4, -0.2) is 20.4 Å². The van der Waals surface area contributed by atoms with E-state index in [1.165, 1.54) is 28.7 Å². The quantitative estimate of drug-likeness (QED) is 0.786. The van der Waals surface area contributed by atoms with E-state index in [0.29, 0.717) is 10.7 Å². The lowest BCUT2D eigenvalue weighted by Gasteiger charge is -2.01. The van der Waals surface area contributed by atoms with Crippen molar-refractivity contribution in [2.24, 2.45) is 0 Å². The van der Waals surface area contributed by atoms with Crippen LogP contribution < -0.4 is 5.32 Å². The van der Waals surface area contributed by atoms with E-state index in [4.69, 9.17) is 5.26 Å². The molecule has 0 aliphatic rings. The van der Waals surface area contributed by atoms with Crippen molar-refractivity contribution >= 4 is 33.9 Å². The van der Waals surface area contributed by atoms with Gasteiger partial charge in [0.25, 0.3) is 0 Å². The number of hydrogen-bond donors (Lipinski definition) is 1. The van der Waals surface area contributed by atoms with Gasteiger partial charge in [-0.2, -0.15) is 5.26 Å². The van der Waals surface area contributed by atoms with E-state index < -0.39 is 0 Å². The highest BCUT2D eigenvalue weighted by Gasteiger charge is 2.08. The predicted molar refractivity (Wildman–Crippen MR) is 85.2 cm³/mol. The maximum atomic E-state index is 8.69. The lowest BCUT2D eigenvalue weighted by molar-refractivity contribution is 0.912. The zero-order valence-electron chi connectivity index (χ0n) is 11.5. The van der Waals surface area contributed by atoms with Gasteiger partial charge in [0.15, 0.2) is 10.0 Å². The number of nitriles is 1. The van der Waals surface area contributed by atoms with Crippen LogP contribution in [0.2, 0.25) is 0 Å². The molecule has 0 unspecified atom stereocenters. The van der Waals surface area contributed by atoms with Gasteiger partial charge in [-0.1, -0.05) is 23.5 Å². The second-order valence-electron chi connectivity index (χ2n) is 4.34. The summed E-state index contributed by atoms with van der Waals surface area (Å²) in [7, 11) is 0. The zero-order valence-corrected chi connectivity index (χ0v) is 13.1. The van der Waals surface area contributed by atoms with E-state index in [1.807, 2.05) is 37.3 Å². The van der Waals surface area contributed by atoms with Crippen LogP contribution in [0.25, 0.3) is 0 Å². The Morgan fingerprint density at radius 1 is 1.14 bits per heavy atom. The number of anilines is 2. The molecule has 0 aliphatic heterocycles. The third kappa shape index (κ3) is 3.58. The number of rotatable bonds is 4. The van der Waals surface area contributed by atoms with Gasteiger partial charge < -0.3 is 5.32 Å². The third-order valence-electron chi connectivity index (χ3n) is 2.62. The van der Waals surface area contributed by atoms with Crippen LogP contribution >= 0.6 is 23.1 Å². The molecule has 0 atom stereocenters. The average molecular weight is 326 g/mol.